The smallest absolute Gasteiger partial charge is 0.305 e. The second-order valence-electron chi connectivity index (χ2n) is 4.95. The van der Waals surface area contributed by atoms with Gasteiger partial charge in [-0.05, 0) is 24.5 Å². The summed E-state index contributed by atoms with van der Waals surface area (Å²) in [6.45, 7) is 1.55. The number of unbranched alkanes of at least 4 members (excludes halogenated alkanes) is 1. The number of aliphatic imine (C=N–C) groups is 1. The highest BCUT2D eigenvalue weighted by Gasteiger charge is 2.08. The minimum Gasteiger partial charge on any atom is -0.469 e. The van der Waals surface area contributed by atoms with Crippen molar-refractivity contribution in [2.45, 2.75) is 25.8 Å². The molecule has 0 radical (unpaired) electrons. The highest BCUT2D eigenvalue weighted by atomic mass is 79.9. The van der Waals surface area contributed by atoms with Crippen molar-refractivity contribution in [2.75, 3.05) is 27.7 Å². The fourth-order valence-electron chi connectivity index (χ4n) is 2.04. The molecule has 1 aromatic carbocycles. The molecule has 1 rings (SSSR count). The van der Waals surface area contributed by atoms with Crippen molar-refractivity contribution in [3.63, 3.8) is 0 Å². The number of benzene rings is 1. The van der Waals surface area contributed by atoms with Gasteiger partial charge in [0.25, 0.3) is 0 Å². The Kier molecular flexibility index (Phi) is 8.58. The number of esters is 1. The number of nitrogens with zero attached hydrogens (tertiary/aromatic N) is 2. The molecule has 0 spiro atoms. The van der Waals surface area contributed by atoms with E-state index >= 15 is 0 Å². The van der Waals surface area contributed by atoms with Gasteiger partial charge in [0.05, 0.1) is 7.11 Å². The molecule has 0 amide bonds. The zero-order valence-electron chi connectivity index (χ0n) is 13.4. The molecule has 0 atom stereocenters. The first-order valence-electron chi connectivity index (χ1n) is 7.30. The van der Waals surface area contributed by atoms with Gasteiger partial charge in [-0.15, -0.1) is 0 Å². The lowest BCUT2D eigenvalue weighted by molar-refractivity contribution is -0.140. The predicted molar refractivity (Wildman–Crippen MR) is 92.8 cm³/mol. The molecule has 0 saturated carbocycles. The molecular weight excluding hydrogens is 346 g/mol. The number of ether oxygens (including phenoxy) is 1. The maximum atomic E-state index is 11.0. The average molecular weight is 370 g/mol. The van der Waals surface area contributed by atoms with Crippen LogP contribution in [0.25, 0.3) is 0 Å². The molecule has 0 fully saturated rings. The topological polar surface area (TPSA) is 53.9 Å². The van der Waals surface area contributed by atoms with Crippen LogP contribution in [0.5, 0.6) is 0 Å². The minimum absolute atomic E-state index is 0.157. The third kappa shape index (κ3) is 6.47. The fraction of sp³-hybridized carbons (Fsp3) is 0.500. The number of carbonyl (C=O) groups is 1. The van der Waals surface area contributed by atoms with Crippen LogP contribution in [0.3, 0.4) is 0 Å². The van der Waals surface area contributed by atoms with Crippen molar-refractivity contribution in [1.82, 2.24) is 10.2 Å². The van der Waals surface area contributed by atoms with Crippen LogP contribution >= 0.6 is 15.9 Å². The van der Waals surface area contributed by atoms with Crippen molar-refractivity contribution in [3.05, 3.63) is 34.3 Å². The fourth-order valence-corrected chi connectivity index (χ4v) is 2.45. The van der Waals surface area contributed by atoms with Gasteiger partial charge in [0.15, 0.2) is 5.96 Å². The van der Waals surface area contributed by atoms with E-state index < -0.39 is 0 Å². The molecule has 0 bridgehead atoms. The second kappa shape index (κ2) is 10.2. The summed E-state index contributed by atoms with van der Waals surface area (Å²) in [7, 11) is 5.19. The molecule has 1 aromatic rings. The van der Waals surface area contributed by atoms with Gasteiger partial charge in [-0.3, -0.25) is 9.79 Å². The lowest BCUT2D eigenvalue weighted by atomic mass is 10.2. The molecule has 22 heavy (non-hydrogen) atoms. The van der Waals surface area contributed by atoms with Crippen LogP contribution in [0.2, 0.25) is 0 Å². The van der Waals surface area contributed by atoms with E-state index in [1.54, 1.807) is 7.05 Å². The number of halogens is 1. The second-order valence-corrected chi connectivity index (χ2v) is 5.81. The summed E-state index contributed by atoms with van der Waals surface area (Å²) in [6.07, 6.45) is 2.17. The van der Waals surface area contributed by atoms with Crippen LogP contribution in [-0.4, -0.2) is 44.6 Å². The van der Waals surface area contributed by atoms with Crippen molar-refractivity contribution in [2.24, 2.45) is 4.99 Å². The third-order valence-electron chi connectivity index (χ3n) is 3.26. The van der Waals surface area contributed by atoms with Crippen LogP contribution < -0.4 is 5.32 Å². The quantitative estimate of drug-likeness (QED) is 0.347. The van der Waals surface area contributed by atoms with E-state index in [2.05, 4.69) is 41.9 Å². The van der Waals surface area contributed by atoms with Gasteiger partial charge in [0.2, 0.25) is 0 Å². The average Bonchev–Trinajstić information content (AvgIpc) is 2.52. The Hall–Kier alpha value is -1.56. The maximum absolute atomic E-state index is 11.0. The number of methoxy groups -OCH3 is 1. The number of rotatable bonds is 7. The predicted octanol–water partition coefficient (Wildman–Crippen LogP) is 2.80. The molecular formula is C16H24BrN3O2. The first-order chi connectivity index (χ1) is 10.6. The molecule has 122 valence electrons. The molecule has 0 aromatic heterocycles. The standard InChI is InChI=1S/C16H24BrN3O2/c1-18-16(19-11-7-6-10-15(21)22-3)20(2)12-13-8-4-5-9-14(13)17/h4-5,8-9H,6-7,10-12H2,1-3H3,(H,18,19). The molecule has 0 saturated heterocycles. The number of carbonyl (C=O) groups excluding carboxylic acids is 1. The number of guanidine groups is 1. The summed E-state index contributed by atoms with van der Waals surface area (Å²) in [5.74, 6) is 0.684. The summed E-state index contributed by atoms with van der Waals surface area (Å²) >= 11 is 3.56. The SMILES string of the molecule is CN=C(NCCCCC(=O)OC)N(C)Cc1ccccc1Br. The van der Waals surface area contributed by atoms with E-state index in [9.17, 15) is 4.79 Å². The lowest BCUT2D eigenvalue weighted by Crippen LogP contribution is -2.38. The number of nitrogens with one attached hydrogen (secondary N) is 1. The molecule has 0 aliphatic carbocycles. The van der Waals surface area contributed by atoms with Gasteiger partial charge >= 0.3 is 5.97 Å². The highest BCUT2D eigenvalue weighted by molar-refractivity contribution is 9.10. The summed E-state index contributed by atoms with van der Waals surface area (Å²) in [5.41, 5.74) is 1.21. The zero-order valence-corrected chi connectivity index (χ0v) is 15.0. The third-order valence-corrected chi connectivity index (χ3v) is 4.03. The number of hydrogen-bond donors (Lipinski definition) is 1. The lowest BCUT2D eigenvalue weighted by Gasteiger charge is -2.22. The maximum Gasteiger partial charge on any atom is 0.305 e. The van der Waals surface area contributed by atoms with E-state index in [0.29, 0.717) is 6.42 Å². The van der Waals surface area contributed by atoms with E-state index in [1.807, 2.05) is 25.2 Å². The normalized spacial score (nSPS) is 11.2. The highest BCUT2D eigenvalue weighted by Crippen LogP contribution is 2.17. The van der Waals surface area contributed by atoms with Crippen molar-refractivity contribution in [3.8, 4) is 0 Å². The van der Waals surface area contributed by atoms with E-state index in [4.69, 9.17) is 0 Å². The van der Waals surface area contributed by atoms with Crippen LogP contribution in [0, 0.1) is 0 Å². The zero-order chi connectivity index (χ0) is 16.4. The molecule has 0 heterocycles. The monoisotopic (exact) mass is 369 g/mol. The Morgan fingerprint density at radius 3 is 2.73 bits per heavy atom. The van der Waals surface area contributed by atoms with Gasteiger partial charge in [-0.25, -0.2) is 0 Å². The Balaban J connectivity index is 2.38. The van der Waals surface area contributed by atoms with Gasteiger partial charge in [-0.2, -0.15) is 0 Å². The Bertz CT molecular complexity index is 506. The number of hydrogen-bond acceptors (Lipinski definition) is 3. The Labute approximate surface area is 140 Å². The molecule has 5 nitrogen and oxygen atoms in total. The van der Waals surface area contributed by atoms with Gasteiger partial charge < -0.3 is 15.0 Å². The Morgan fingerprint density at radius 2 is 2.09 bits per heavy atom. The Morgan fingerprint density at radius 1 is 1.36 bits per heavy atom. The van der Waals surface area contributed by atoms with Gasteiger partial charge in [0.1, 0.15) is 0 Å². The van der Waals surface area contributed by atoms with Gasteiger partial charge in [-0.1, -0.05) is 34.1 Å². The molecule has 0 aliphatic heterocycles. The van der Waals surface area contributed by atoms with Crippen LogP contribution in [0.1, 0.15) is 24.8 Å². The summed E-state index contributed by atoms with van der Waals surface area (Å²) in [5, 5.41) is 3.31. The summed E-state index contributed by atoms with van der Waals surface area (Å²) < 4.78 is 5.71. The van der Waals surface area contributed by atoms with Crippen molar-refractivity contribution in [1.29, 1.82) is 0 Å². The molecule has 0 aliphatic rings. The van der Waals surface area contributed by atoms with E-state index in [1.165, 1.54) is 12.7 Å². The largest absolute Gasteiger partial charge is 0.469 e. The van der Waals surface area contributed by atoms with Crippen LogP contribution in [-0.2, 0) is 16.1 Å². The van der Waals surface area contributed by atoms with E-state index in [0.717, 1.165) is 36.4 Å². The summed E-state index contributed by atoms with van der Waals surface area (Å²) in [4.78, 5) is 17.4. The summed E-state index contributed by atoms with van der Waals surface area (Å²) in [6, 6.07) is 8.15. The van der Waals surface area contributed by atoms with Crippen molar-refractivity contribution >= 4 is 27.9 Å². The molecule has 1 N–H and O–H groups in total. The first kappa shape index (κ1) is 18.5. The van der Waals surface area contributed by atoms with Crippen LogP contribution in [0.15, 0.2) is 33.7 Å². The van der Waals surface area contributed by atoms with Crippen LogP contribution in [0.4, 0.5) is 0 Å². The molecule has 0 unspecified atom stereocenters. The minimum atomic E-state index is -0.157. The van der Waals surface area contributed by atoms with Gasteiger partial charge in [0, 0.05) is 38.1 Å². The van der Waals surface area contributed by atoms with E-state index in [-0.39, 0.29) is 5.97 Å². The first-order valence-corrected chi connectivity index (χ1v) is 8.09. The molecule has 6 heteroatoms. The van der Waals surface area contributed by atoms with Crippen molar-refractivity contribution < 1.29 is 9.53 Å².